The summed E-state index contributed by atoms with van der Waals surface area (Å²) in [6.45, 7) is 0.671. The maximum absolute atomic E-state index is 13.6. The van der Waals surface area contributed by atoms with Crippen LogP contribution in [0.4, 0.5) is 4.39 Å². The predicted molar refractivity (Wildman–Crippen MR) is 113 cm³/mol. The summed E-state index contributed by atoms with van der Waals surface area (Å²) in [5, 5.41) is 5.41. The van der Waals surface area contributed by atoms with Crippen LogP contribution in [0.1, 0.15) is 33.6 Å². The first-order valence-electron chi connectivity index (χ1n) is 10.6. The molecular weight excluding hydrogens is 431 g/mol. The zero-order valence-corrected chi connectivity index (χ0v) is 17.7. The highest BCUT2D eigenvalue weighted by atomic mass is 19.1. The van der Waals surface area contributed by atoms with Gasteiger partial charge in [-0.25, -0.2) is 14.4 Å². The third-order valence-corrected chi connectivity index (χ3v) is 5.71. The maximum atomic E-state index is 13.6. The number of benzene rings is 1. The van der Waals surface area contributed by atoms with Crippen LogP contribution in [0.25, 0.3) is 0 Å². The molecule has 2 N–H and O–H groups in total. The second kappa shape index (κ2) is 9.72. The number of hydrogen-bond donors (Lipinski definition) is 2. The molecule has 0 bridgehead atoms. The van der Waals surface area contributed by atoms with E-state index in [1.54, 1.807) is 0 Å². The van der Waals surface area contributed by atoms with Crippen LogP contribution in [0.2, 0.25) is 0 Å². The Morgan fingerprint density at radius 3 is 2.61 bits per heavy atom. The van der Waals surface area contributed by atoms with E-state index in [0.29, 0.717) is 13.0 Å². The van der Waals surface area contributed by atoms with Crippen molar-refractivity contribution in [2.24, 2.45) is 0 Å². The van der Waals surface area contributed by atoms with Crippen molar-refractivity contribution in [2.75, 3.05) is 26.2 Å². The van der Waals surface area contributed by atoms with Crippen molar-refractivity contribution in [2.45, 2.75) is 24.9 Å². The standard InChI is InChI=1S/C22H23FN6O4/c23-16-4-1-3-14(9-16)21(32)28-7-8-29(22(33)15-10-24-13-25-11-15)18(12-28)20(31)27-17-5-2-6-26-19(17)30/h1,3-4,9-11,13,17-18H,2,5-8,12H2,(H,26,30)(H,27,31)/t17-,18+/m0/s1. The van der Waals surface area contributed by atoms with Gasteiger partial charge in [-0.2, -0.15) is 0 Å². The van der Waals surface area contributed by atoms with Gasteiger partial charge < -0.3 is 20.4 Å². The highest BCUT2D eigenvalue weighted by molar-refractivity contribution is 5.99. The second-order valence-electron chi connectivity index (χ2n) is 7.90. The van der Waals surface area contributed by atoms with Gasteiger partial charge in [0.05, 0.1) is 12.1 Å². The molecular formula is C22H23FN6O4. The molecule has 0 spiro atoms. The summed E-state index contributed by atoms with van der Waals surface area (Å²) in [6.07, 6.45) is 5.19. The molecule has 2 atom stereocenters. The number of carbonyl (C=O) groups is 4. The minimum Gasteiger partial charge on any atom is -0.354 e. The van der Waals surface area contributed by atoms with E-state index < -0.39 is 35.6 Å². The van der Waals surface area contributed by atoms with Gasteiger partial charge >= 0.3 is 0 Å². The minimum atomic E-state index is -1.04. The molecule has 1 aromatic heterocycles. The van der Waals surface area contributed by atoms with E-state index in [-0.39, 0.29) is 36.7 Å². The lowest BCUT2D eigenvalue weighted by atomic mass is 10.0. The zero-order valence-electron chi connectivity index (χ0n) is 17.7. The molecule has 172 valence electrons. The molecule has 2 saturated heterocycles. The molecule has 0 unspecified atom stereocenters. The van der Waals surface area contributed by atoms with Gasteiger partial charge in [-0.15, -0.1) is 0 Å². The van der Waals surface area contributed by atoms with E-state index in [0.717, 1.165) is 12.5 Å². The van der Waals surface area contributed by atoms with E-state index in [1.165, 1.54) is 46.7 Å². The summed E-state index contributed by atoms with van der Waals surface area (Å²) in [7, 11) is 0. The van der Waals surface area contributed by atoms with Gasteiger partial charge in [-0.1, -0.05) is 6.07 Å². The number of nitrogens with zero attached hydrogens (tertiary/aromatic N) is 4. The van der Waals surface area contributed by atoms with Gasteiger partial charge in [-0.3, -0.25) is 19.2 Å². The SMILES string of the molecule is O=C1NCCC[C@@H]1NC(=O)[C@H]1CN(C(=O)c2cccc(F)c2)CCN1C(=O)c1cncnc1. The van der Waals surface area contributed by atoms with Gasteiger partial charge in [0.15, 0.2) is 0 Å². The summed E-state index contributed by atoms with van der Waals surface area (Å²) in [4.78, 5) is 61.8. The summed E-state index contributed by atoms with van der Waals surface area (Å²) >= 11 is 0. The first-order valence-corrected chi connectivity index (χ1v) is 10.6. The Kier molecular flexibility index (Phi) is 6.57. The van der Waals surface area contributed by atoms with Crippen LogP contribution in [0.5, 0.6) is 0 Å². The summed E-state index contributed by atoms with van der Waals surface area (Å²) in [6, 6.07) is 3.54. The topological polar surface area (TPSA) is 125 Å². The molecule has 11 heteroatoms. The Hall–Kier alpha value is -3.89. The Balaban J connectivity index is 1.56. The number of amides is 4. The molecule has 2 fully saturated rings. The first kappa shape index (κ1) is 22.3. The van der Waals surface area contributed by atoms with Gasteiger partial charge in [0.25, 0.3) is 11.8 Å². The molecule has 10 nitrogen and oxygen atoms in total. The molecule has 0 aliphatic carbocycles. The van der Waals surface area contributed by atoms with Crippen molar-refractivity contribution in [1.82, 2.24) is 30.4 Å². The number of piperazine rings is 1. The number of nitrogens with one attached hydrogen (secondary N) is 2. The van der Waals surface area contributed by atoms with Crippen LogP contribution in [0.3, 0.4) is 0 Å². The van der Waals surface area contributed by atoms with Gasteiger partial charge in [0.1, 0.15) is 24.2 Å². The normalized spacial score (nSPS) is 20.7. The second-order valence-corrected chi connectivity index (χ2v) is 7.90. The molecule has 2 aliphatic rings. The first-order chi connectivity index (χ1) is 15.9. The van der Waals surface area contributed by atoms with Gasteiger partial charge in [0, 0.05) is 37.6 Å². The maximum Gasteiger partial charge on any atom is 0.257 e. The average Bonchev–Trinajstić information content (AvgIpc) is 2.84. The largest absolute Gasteiger partial charge is 0.354 e. The minimum absolute atomic E-state index is 0.0731. The van der Waals surface area contributed by atoms with Crippen LogP contribution >= 0.6 is 0 Å². The third kappa shape index (κ3) is 4.97. The van der Waals surface area contributed by atoms with Crippen molar-refractivity contribution < 1.29 is 23.6 Å². The fraction of sp³-hybridized carbons (Fsp3) is 0.364. The van der Waals surface area contributed by atoms with Crippen molar-refractivity contribution in [3.05, 3.63) is 59.9 Å². The van der Waals surface area contributed by atoms with Crippen molar-refractivity contribution >= 4 is 23.6 Å². The molecule has 0 saturated carbocycles. The van der Waals surface area contributed by atoms with Crippen LogP contribution in [0.15, 0.2) is 43.0 Å². The van der Waals surface area contributed by atoms with E-state index in [1.807, 2.05) is 0 Å². The van der Waals surface area contributed by atoms with Crippen molar-refractivity contribution in [3.63, 3.8) is 0 Å². The number of carbonyl (C=O) groups excluding carboxylic acids is 4. The van der Waals surface area contributed by atoms with Gasteiger partial charge in [0.2, 0.25) is 11.8 Å². The summed E-state index contributed by atoms with van der Waals surface area (Å²) < 4.78 is 13.6. The lowest BCUT2D eigenvalue weighted by molar-refractivity contribution is -0.133. The van der Waals surface area contributed by atoms with Crippen molar-refractivity contribution in [3.8, 4) is 0 Å². The fourth-order valence-corrected chi connectivity index (χ4v) is 3.99. The fourth-order valence-electron chi connectivity index (χ4n) is 3.99. The molecule has 4 rings (SSSR count). The monoisotopic (exact) mass is 454 g/mol. The lowest BCUT2D eigenvalue weighted by Crippen LogP contribution is -2.63. The Morgan fingerprint density at radius 2 is 1.88 bits per heavy atom. The number of halogens is 1. The Morgan fingerprint density at radius 1 is 1.09 bits per heavy atom. The highest BCUT2D eigenvalue weighted by Crippen LogP contribution is 2.18. The molecule has 0 radical (unpaired) electrons. The number of hydrogen-bond acceptors (Lipinski definition) is 6. The van der Waals surface area contributed by atoms with Crippen LogP contribution in [0, 0.1) is 5.82 Å². The Bertz CT molecular complexity index is 1070. The van der Waals surface area contributed by atoms with Gasteiger partial charge in [-0.05, 0) is 31.0 Å². The Labute approximate surface area is 189 Å². The van der Waals surface area contributed by atoms with E-state index >= 15 is 0 Å². The predicted octanol–water partition coefficient (Wildman–Crippen LogP) is -0.0227. The smallest absolute Gasteiger partial charge is 0.257 e. The van der Waals surface area contributed by atoms with E-state index in [9.17, 15) is 23.6 Å². The average molecular weight is 454 g/mol. The summed E-state index contributed by atoms with van der Waals surface area (Å²) in [5.74, 6) is -2.28. The van der Waals surface area contributed by atoms with E-state index in [4.69, 9.17) is 0 Å². The lowest BCUT2D eigenvalue weighted by Gasteiger charge is -2.41. The quantitative estimate of drug-likeness (QED) is 0.669. The number of piperidine rings is 1. The molecule has 3 heterocycles. The molecule has 4 amide bonds. The number of aromatic nitrogens is 2. The molecule has 2 aromatic rings. The van der Waals surface area contributed by atoms with Crippen LogP contribution < -0.4 is 10.6 Å². The number of rotatable bonds is 4. The zero-order chi connectivity index (χ0) is 23.4. The summed E-state index contributed by atoms with van der Waals surface area (Å²) in [5.41, 5.74) is 0.354. The van der Waals surface area contributed by atoms with Crippen molar-refractivity contribution in [1.29, 1.82) is 0 Å². The van der Waals surface area contributed by atoms with E-state index in [2.05, 4.69) is 20.6 Å². The molecule has 33 heavy (non-hydrogen) atoms. The van der Waals surface area contributed by atoms with Crippen LogP contribution in [-0.4, -0.2) is 81.7 Å². The highest BCUT2D eigenvalue weighted by Gasteiger charge is 2.39. The molecule has 1 aromatic carbocycles. The molecule has 2 aliphatic heterocycles. The van der Waals surface area contributed by atoms with Crippen LogP contribution in [-0.2, 0) is 9.59 Å². The third-order valence-electron chi connectivity index (χ3n) is 5.71.